The summed E-state index contributed by atoms with van der Waals surface area (Å²) in [6, 6.07) is 8.96. The van der Waals surface area contributed by atoms with E-state index in [1.165, 1.54) is 7.11 Å². The van der Waals surface area contributed by atoms with Gasteiger partial charge in [-0.2, -0.15) is 0 Å². The van der Waals surface area contributed by atoms with E-state index in [0.717, 1.165) is 10.4 Å². The van der Waals surface area contributed by atoms with Crippen molar-refractivity contribution in [3.05, 3.63) is 51.7 Å². The molecule has 104 valence electrons. The maximum Gasteiger partial charge on any atom is 0.338 e. The molecule has 0 saturated heterocycles. The second-order valence-electron chi connectivity index (χ2n) is 4.33. The Kier molecular flexibility index (Phi) is 4.53. The highest BCUT2D eigenvalue weighted by Crippen LogP contribution is 2.17. The highest BCUT2D eigenvalue weighted by molar-refractivity contribution is 7.10. The molecule has 0 spiro atoms. The van der Waals surface area contributed by atoms with E-state index in [-0.39, 0.29) is 11.9 Å². The standard InChI is InChI=1S/C15H15NO3S/c1-10-8-11(5-6-13(10)15(18)19-2)16-14(17)9-12-4-3-7-20-12/h3-8H,9H2,1-2H3,(H,16,17). The molecule has 1 aromatic carbocycles. The van der Waals surface area contributed by atoms with Crippen molar-refractivity contribution in [2.24, 2.45) is 0 Å². The Balaban J connectivity index is 2.05. The summed E-state index contributed by atoms with van der Waals surface area (Å²) in [7, 11) is 1.35. The molecule has 0 aliphatic carbocycles. The quantitative estimate of drug-likeness (QED) is 0.880. The van der Waals surface area contributed by atoms with Crippen LogP contribution in [0, 0.1) is 6.92 Å². The van der Waals surface area contributed by atoms with Gasteiger partial charge in [0.05, 0.1) is 19.1 Å². The first-order valence-corrected chi connectivity index (χ1v) is 6.99. The normalized spacial score (nSPS) is 10.1. The third kappa shape index (κ3) is 3.45. The van der Waals surface area contributed by atoms with Crippen LogP contribution in [0.25, 0.3) is 0 Å². The van der Waals surface area contributed by atoms with Crippen LogP contribution >= 0.6 is 11.3 Å². The van der Waals surface area contributed by atoms with E-state index in [1.807, 2.05) is 17.5 Å². The molecule has 2 rings (SSSR count). The number of carbonyl (C=O) groups is 2. The molecule has 0 unspecified atom stereocenters. The monoisotopic (exact) mass is 289 g/mol. The van der Waals surface area contributed by atoms with E-state index < -0.39 is 0 Å². The molecule has 0 bridgehead atoms. The Morgan fingerprint density at radius 2 is 2.10 bits per heavy atom. The number of nitrogens with one attached hydrogen (secondary N) is 1. The Morgan fingerprint density at radius 1 is 1.30 bits per heavy atom. The number of rotatable bonds is 4. The lowest BCUT2D eigenvalue weighted by molar-refractivity contribution is -0.115. The molecule has 4 nitrogen and oxygen atoms in total. The number of hydrogen-bond donors (Lipinski definition) is 1. The number of ether oxygens (including phenoxy) is 1. The minimum absolute atomic E-state index is 0.0716. The molecule has 0 aliphatic rings. The molecule has 1 amide bonds. The molecular formula is C15H15NO3S. The van der Waals surface area contributed by atoms with E-state index in [1.54, 1.807) is 36.5 Å². The van der Waals surface area contributed by atoms with Crippen LogP contribution in [0.2, 0.25) is 0 Å². The van der Waals surface area contributed by atoms with Crippen LogP contribution in [0.1, 0.15) is 20.8 Å². The highest BCUT2D eigenvalue weighted by Gasteiger charge is 2.10. The van der Waals surface area contributed by atoms with Crippen LogP contribution in [0.3, 0.4) is 0 Å². The smallest absolute Gasteiger partial charge is 0.338 e. The van der Waals surface area contributed by atoms with Crippen molar-refractivity contribution in [3.8, 4) is 0 Å². The topological polar surface area (TPSA) is 55.4 Å². The van der Waals surface area contributed by atoms with Gasteiger partial charge in [-0.25, -0.2) is 4.79 Å². The summed E-state index contributed by atoms with van der Waals surface area (Å²) in [4.78, 5) is 24.4. The molecule has 0 aliphatic heterocycles. The van der Waals surface area contributed by atoms with Crippen molar-refractivity contribution in [3.63, 3.8) is 0 Å². The van der Waals surface area contributed by atoms with Crippen LogP contribution in [0.4, 0.5) is 5.69 Å². The van der Waals surface area contributed by atoms with E-state index in [4.69, 9.17) is 0 Å². The van der Waals surface area contributed by atoms with Crippen molar-refractivity contribution in [2.75, 3.05) is 12.4 Å². The van der Waals surface area contributed by atoms with Gasteiger partial charge in [-0.3, -0.25) is 4.79 Å². The number of carbonyl (C=O) groups excluding carboxylic acids is 2. The Hall–Kier alpha value is -2.14. The first-order chi connectivity index (χ1) is 9.60. The zero-order valence-corrected chi connectivity index (χ0v) is 12.1. The molecule has 1 aromatic heterocycles. The van der Waals surface area contributed by atoms with Crippen molar-refractivity contribution in [2.45, 2.75) is 13.3 Å². The SMILES string of the molecule is COC(=O)c1ccc(NC(=O)Cc2cccs2)cc1C. The number of anilines is 1. The maximum atomic E-state index is 11.9. The number of amides is 1. The second kappa shape index (κ2) is 6.34. The lowest BCUT2D eigenvalue weighted by Gasteiger charge is -2.08. The summed E-state index contributed by atoms with van der Waals surface area (Å²) < 4.78 is 4.68. The van der Waals surface area contributed by atoms with Crippen LogP contribution in [0.5, 0.6) is 0 Å². The number of benzene rings is 1. The van der Waals surface area contributed by atoms with E-state index >= 15 is 0 Å². The predicted molar refractivity (Wildman–Crippen MR) is 79.2 cm³/mol. The summed E-state index contributed by atoms with van der Waals surface area (Å²) in [5.41, 5.74) is 1.95. The van der Waals surface area contributed by atoms with E-state index in [2.05, 4.69) is 10.1 Å². The van der Waals surface area contributed by atoms with Crippen molar-refractivity contribution in [1.82, 2.24) is 0 Å². The van der Waals surface area contributed by atoms with Gasteiger partial charge >= 0.3 is 5.97 Å². The molecule has 0 saturated carbocycles. The molecule has 5 heteroatoms. The van der Waals surface area contributed by atoms with E-state index in [9.17, 15) is 9.59 Å². The number of hydrogen-bond acceptors (Lipinski definition) is 4. The molecule has 1 N–H and O–H groups in total. The molecule has 1 heterocycles. The number of methoxy groups -OCH3 is 1. The minimum atomic E-state index is -0.376. The fourth-order valence-corrected chi connectivity index (χ4v) is 2.56. The zero-order chi connectivity index (χ0) is 14.5. The third-order valence-corrected chi connectivity index (χ3v) is 3.71. The van der Waals surface area contributed by atoms with Crippen molar-refractivity contribution in [1.29, 1.82) is 0 Å². The van der Waals surface area contributed by atoms with Crippen LogP contribution in [-0.2, 0) is 16.0 Å². The summed E-state index contributed by atoms with van der Waals surface area (Å²) >= 11 is 1.55. The molecule has 0 fully saturated rings. The van der Waals surface area contributed by atoms with E-state index in [0.29, 0.717) is 17.7 Å². The Bertz CT molecular complexity index is 620. The van der Waals surface area contributed by atoms with Gasteiger partial charge in [0.2, 0.25) is 5.91 Å². The highest BCUT2D eigenvalue weighted by atomic mass is 32.1. The first-order valence-electron chi connectivity index (χ1n) is 6.11. The van der Waals surface area contributed by atoms with Crippen LogP contribution in [-0.4, -0.2) is 19.0 Å². The van der Waals surface area contributed by atoms with Crippen LogP contribution < -0.4 is 5.32 Å². The number of esters is 1. The third-order valence-electron chi connectivity index (χ3n) is 2.83. The zero-order valence-electron chi connectivity index (χ0n) is 11.3. The average Bonchev–Trinajstić information content (AvgIpc) is 2.90. The van der Waals surface area contributed by atoms with Gasteiger partial charge in [-0.15, -0.1) is 11.3 Å². The molecular weight excluding hydrogens is 274 g/mol. The summed E-state index contributed by atoms with van der Waals surface area (Å²) in [6.45, 7) is 1.81. The van der Waals surface area contributed by atoms with Gasteiger partial charge in [0.15, 0.2) is 0 Å². The van der Waals surface area contributed by atoms with Crippen molar-refractivity contribution >= 4 is 28.9 Å². The Morgan fingerprint density at radius 3 is 2.70 bits per heavy atom. The number of thiophene rings is 1. The van der Waals surface area contributed by atoms with Gasteiger partial charge in [0, 0.05) is 10.6 Å². The van der Waals surface area contributed by atoms with Crippen molar-refractivity contribution < 1.29 is 14.3 Å². The largest absolute Gasteiger partial charge is 0.465 e. The molecule has 0 radical (unpaired) electrons. The predicted octanol–water partition coefficient (Wildman–Crippen LogP) is 3.02. The summed E-state index contributed by atoms with van der Waals surface area (Å²) in [5.74, 6) is -0.448. The lowest BCUT2D eigenvalue weighted by Crippen LogP contribution is -2.14. The van der Waals surface area contributed by atoms with Gasteiger partial charge < -0.3 is 10.1 Å². The molecule has 2 aromatic rings. The first kappa shape index (κ1) is 14.3. The summed E-state index contributed by atoms with van der Waals surface area (Å²) in [5, 5.41) is 4.76. The Labute approximate surface area is 121 Å². The van der Waals surface area contributed by atoms with Crippen LogP contribution in [0.15, 0.2) is 35.7 Å². The van der Waals surface area contributed by atoms with Gasteiger partial charge in [-0.1, -0.05) is 6.07 Å². The van der Waals surface area contributed by atoms with Gasteiger partial charge in [-0.05, 0) is 42.1 Å². The summed E-state index contributed by atoms with van der Waals surface area (Å²) in [6.07, 6.45) is 0.357. The van der Waals surface area contributed by atoms with Gasteiger partial charge in [0.1, 0.15) is 0 Å². The fraction of sp³-hybridized carbons (Fsp3) is 0.200. The maximum absolute atomic E-state index is 11.9. The minimum Gasteiger partial charge on any atom is -0.465 e. The second-order valence-corrected chi connectivity index (χ2v) is 5.36. The molecule has 0 atom stereocenters. The fourth-order valence-electron chi connectivity index (χ4n) is 1.86. The lowest BCUT2D eigenvalue weighted by atomic mass is 10.1. The average molecular weight is 289 g/mol. The van der Waals surface area contributed by atoms with Gasteiger partial charge in [0.25, 0.3) is 0 Å². The molecule has 20 heavy (non-hydrogen) atoms. The number of aryl methyl sites for hydroxylation is 1.